The van der Waals surface area contributed by atoms with Crippen LogP contribution in [0, 0.1) is 0 Å². The summed E-state index contributed by atoms with van der Waals surface area (Å²) in [6.07, 6.45) is 0.737. The van der Waals surface area contributed by atoms with Crippen LogP contribution in [0.1, 0.15) is 34.6 Å². The van der Waals surface area contributed by atoms with E-state index < -0.39 is 5.91 Å². The van der Waals surface area contributed by atoms with Gasteiger partial charge in [0.15, 0.2) is 0 Å². The summed E-state index contributed by atoms with van der Waals surface area (Å²) in [6.45, 7) is 1.97. The minimum absolute atomic E-state index is 0.0856. The van der Waals surface area contributed by atoms with E-state index in [1.807, 2.05) is 24.4 Å². The Labute approximate surface area is 115 Å². The second-order valence-corrected chi connectivity index (χ2v) is 5.10. The van der Waals surface area contributed by atoms with Crippen LogP contribution < -0.4 is 5.32 Å². The number of hydrogen-bond acceptors (Lipinski definition) is 4. The van der Waals surface area contributed by atoms with Crippen molar-refractivity contribution in [3.8, 4) is 11.5 Å². The second-order valence-electron chi connectivity index (χ2n) is 4.12. The Morgan fingerprint density at radius 1 is 1.26 bits per heavy atom. The molecule has 1 heterocycles. The van der Waals surface area contributed by atoms with Crippen molar-refractivity contribution < 1.29 is 15.0 Å². The van der Waals surface area contributed by atoms with Gasteiger partial charge >= 0.3 is 0 Å². The van der Waals surface area contributed by atoms with Gasteiger partial charge in [-0.25, -0.2) is 0 Å². The lowest BCUT2D eigenvalue weighted by Gasteiger charge is -2.16. The highest BCUT2D eigenvalue weighted by Crippen LogP contribution is 2.28. The molecule has 0 radical (unpaired) electrons. The van der Waals surface area contributed by atoms with Crippen LogP contribution in [-0.2, 0) is 0 Å². The third-order valence-corrected chi connectivity index (χ3v) is 3.83. The van der Waals surface area contributed by atoms with Crippen molar-refractivity contribution >= 4 is 17.2 Å². The summed E-state index contributed by atoms with van der Waals surface area (Å²) in [4.78, 5) is 13.2. The van der Waals surface area contributed by atoms with Crippen molar-refractivity contribution in [2.75, 3.05) is 0 Å². The maximum atomic E-state index is 12.1. The minimum Gasteiger partial charge on any atom is -0.507 e. The Morgan fingerprint density at radius 2 is 1.95 bits per heavy atom. The summed E-state index contributed by atoms with van der Waals surface area (Å²) < 4.78 is 0. The Morgan fingerprint density at radius 3 is 2.47 bits per heavy atom. The molecule has 0 aliphatic heterocycles. The molecule has 3 N–H and O–H groups in total. The topological polar surface area (TPSA) is 69.6 Å². The lowest BCUT2D eigenvalue weighted by atomic mass is 10.1. The summed E-state index contributed by atoms with van der Waals surface area (Å²) in [5, 5.41) is 24.1. The van der Waals surface area contributed by atoms with E-state index in [-0.39, 0.29) is 23.1 Å². The first-order valence-corrected chi connectivity index (χ1v) is 6.86. The average molecular weight is 277 g/mol. The largest absolute Gasteiger partial charge is 0.507 e. The summed E-state index contributed by atoms with van der Waals surface area (Å²) in [5.41, 5.74) is -0.0856. The average Bonchev–Trinajstić information content (AvgIpc) is 2.89. The molecule has 1 unspecified atom stereocenters. The van der Waals surface area contributed by atoms with Gasteiger partial charge in [-0.3, -0.25) is 4.79 Å². The zero-order chi connectivity index (χ0) is 13.8. The van der Waals surface area contributed by atoms with Crippen molar-refractivity contribution in [2.45, 2.75) is 19.4 Å². The number of thiophene rings is 1. The number of aromatic hydroxyl groups is 2. The molecule has 1 atom stereocenters. The van der Waals surface area contributed by atoms with Crippen LogP contribution in [0.5, 0.6) is 11.5 Å². The molecule has 1 aromatic heterocycles. The molecular weight excluding hydrogens is 262 g/mol. The van der Waals surface area contributed by atoms with Gasteiger partial charge in [0.2, 0.25) is 0 Å². The predicted octanol–water partition coefficient (Wildman–Crippen LogP) is 3.04. The molecule has 1 amide bonds. The Balaban J connectivity index is 2.21. The molecule has 0 fully saturated rings. The first kappa shape index (κ1) is 13.4. The van der Waals surface area contributed by atoms with Crippen LogP contribution in [0.25, 0.3) is 0 Å². The summed E-state index contributed by atoms with van der Waals surface area (Å²) in [5.74, 6) is -0.923. The number of amides is 1. The van der Waals surface area contributed by atoms with E-state index in [4.69, 9.17) is 0 Å². The molecule has 0 saturated carbocycles. The Kier molecular flexibility index (Phi) is 4.06. The molecule has 100 valence electrons. The molecule has 0 bridgehead atoms. The van der Waals surface area contributed by atoms with Gasteiger partial charge in [0, 0.05) is 4.88 Å². The molecule has 5 heteroatoms. The van der Waals surface area contributed by atoms with Crippen molar-refractivity contribution in [1.82, 2.24) is 5.32 Å². The number of phenols is 2. The van der Waals surface area contributed by atoms with Gasteiger partial charge in [-0.1, -0.05) is 19.1 Å². The molecule has 0 saturated heterocycles. The number of rotatable bonds is 4. The van der Waals surface area contributed by atoms with E-state index in [2.05, 4.69) is 5.32 Å². The van der Waals surface area contributed by atoms with E-state index >= 15 is 0 Å². The molecule has 0 aliphatic carbocycles. The van der Waals surface area contributed by atoms with E-state index in [1.54, 1.807) is 11.3 Å². The third-order valence-electron chi connectivity index (χ3n) is 2.85. The maximum absolute atomic E-state index is 12.1. The van der Waals surface area contributed by atoms with Crippen LogP contribution in [-0.4, -0.2) is 16.1 Å². The highest BCUT2D eigenvalue weighted by molar-refractivity contribution is 7.10. The zero-order valence-corrected chi connectivity index (χ0v) is 11.3. The predicted molar refractivity (Wildman–Crippen MR) is 74.6 cm³/mol. The molecule has 0 spiro atoms. The van der Waals surface area contributed by atoms with Crippen molar-refractivity contribution in [1.29, 1.82) is 0 Å². The number of hydrogen-bond donors (Lipinski definition) is 3. The molecule has 4 nitrogen and oxygen atoms in total. The molecule has 2 aromatic rings. The zero-order valence-electron chi connectivity index (χ0n) is 10.5. The fraction of sp³-hybridized carbons (Fsp3) is 0.214. The molecule has 2 rings (SSSR count). The Hall–Kier alpha value is -2.01. The molecule has 19 heavy (non-hydrogen) atoms. The fourth-order valence-corrected chi connectivity index (χ4v) is 2.72. The van der Waals surface area contributed by atoms with E-state index in [0.29, 0.717) is 0 Å². The van der Waals surface area contributed by atoms with Gasteiger partial charge in [-0.15, -0.1) is 11.3 Å². The van der Waals surface area contributed by atoms with Crippen molar-refractivity contribution in [3.05, 3.63) is 46.2 Å². The Bertz CT molecular complexity index is 546. The van der Waals surface area contributed by atoms with Gasteiger partial charge < -0.3 is 15.5 Å². The number of carbonyl (C=O) groups is 1. The third kappa shape index (κ3) is 2.88. The standard InChI is InChI=1S/C14H15NO3S/c1-2-9(12-7-4-8-19-12)15-14(18)13-10(16)5-3-6-11(13)17/h3-9,16-17H,2H2,1H3,(H,15,18). The monoisotopic (exact) mass is 277 g/mol. The van der Waals surface area contributed by atoms with Gasteiger partial charge in [0.1, 0.15) is 17.1 Å². The SMILES string of the molecule is CCC(NC(=O)c1c(O)cccc1O)c1cccs1. The summed E-state index contributed by atoms with van der Waals surface area (Å²) >= 11 is 1.56. The van der Waals surface area contributed by atoms with Gasteiger partial charge in [-0.05, 0) is 30.0 Å². The van der Waals surface area contributed by atoms with Crippen molar-refractivity contribution in [2.24, 2.45) is 0 Å². The molecule has 1 aromatic carbocycles. The highest BCUT2D eigenvalue weighted by atomic mass is 32.1. The van der Waals surface area contributed by atoms with Crippen LogP contribution in [0.4, 0.5) is 0 Å². The lowest BCUT2D eigenvalue weighted by molar-refractivity contribution is 0.0931. The van der Waals surface area contributed by atoms with E-state index in [1.165, 1.54) is 18.2 Å². The van der Waals surface area contributed by atoms with Crippen LogP contribution in [0.2, 0.25) is 0 Å². The van der Waals surface area contributed by atoms with Crippen molar-refractivity contribution in [3.63, 3.8) is 0 Å². The van der Waals surface area contributed by atoms with E-state index in [0.717, 1.165) is 11.3 Å². The lowest BCUT2D eigenvalue weighted by Crippen LogP contribution is -2.27. The number of phenolic OH excluding ortho intramolecular Hbond substituents is 2. The maximum Gasteiger partial charge on any atom is 0.259 e. The summed E-state index contributed by atoms with van der Waals surface area (Å²) in [6, 6.07) is 7.99. The highest BCUT2D eigenvalue weighted by Gasteiger charge is 2.20. The van der Waals surface area contributed by atoms with Gasteiger partial charge in [0.25, 0.3) is 5.91 Å². The molecule has 0 aliphatic rings. The number of nitrogens with one attached hydrogen (secondary N) is 1. The number of benzene rings is 1. The first-order valence-electron chi connectivity index (χ1n) is 5.98. The number of carbonyl (C=O) groups excluding carboxylic acids is 1. The van der Waals surface area contributed by atoms with Gasteiger partial charge in [-0.2, -0.15) is 0 Å². The quantitative estimate of drug-likeness (QED) is 0.804. The van der Waals surface area contributed by atoms with E-state index in [9.17, 15) is 15.0 Å². The van der Waals surface area contributed by atoms with Crippen LogP contribution >= 0.6 is 11.3 Å². The minimum atomic E-state index is -0.476. The van der Waals surface area contributed by atoms with Crippen LogP contribution in [0.15, 0.2) is 35.7 Å². The van der Waals surface area contributed by atoms with Crippen LogP contribution in [0.3, 0.4) is 0 Å². The first-order chi connectivity index (χ1) is 9.13. The second kappa shape index (κ2) is 5.75. The summed E-state index contributed by atoms with van der Waals surface area (Å²) in [7, 11) is 0. The normalized spacial score (nSPS) is 12.1. The molecular formula is C14H15NO3S. The fourth-order valence-electron chi connectivity index (χ4n) is 1.86. The van der Waals surface area contributed by atoms with Gasteiger partial charge in [0.05, 0.1) is 6.04 Å². The smallest absolute Gasteiger partial charge is 0.259 e.